The van der Waals surface area contributed by atoms with Gasteiger partial charge in [-0.15, -0.1) is 0 Å². The molecule has 0 unspecified atom stereocenters. The van der Waals surface area contributed by atoms with Crippen LogP contribution in [0.4, 0.5) is 4.79 Å². The summed E-state index contributed by atoms with van der Waals surface area (Å²) in [5.74, 6) is 1.05. The third kappa shape index (κ3) is 6.54. The van der Waals surface area contributed by atoms with E-state index in [1.807, 2.05) is 48.5 Å². The number of nitrogens with zero attached hydrogens (tertiary/aromatic N) is 2. The van der Waals surface area contributed by atoms with Crippen molar-refractivity contribution in [3.05, 3.63) is 128 Å². The van der Waals surface area contributed by atoms with Gasteiger partial charge in [0.1, 0.15) is 18.1 Å². The van der Waals surface area contributed by atoms with Gasteiger partial charge in [-0.1, -0.05) is 59.6 Å². The smallest absolute Gasteiger partial charge is 0.404 e. The van der Waals surface area contributed by atoms with Crippen molar-refractivity contribution in [2.45, 2.75) is 49.4 Å². The van der Waals surface area contributed by atoms with Crippen molar-refractivity contribution in [1.82, 2.24) is 5.32 Å². The SMILES string of the molecule is O=C(O)NCCOc1ccc2c(c1)C(C1(c3ccc(Cl)cc3)CC1)=NCC2.Oc1ccc2c(c1)C(C1(c3ccc(Cl)cc3)CC1)=NCC2. The molecule has 4 aromatic carbocycles. The summed E-state index contributed by atoms with van der Waals surface area (Å²) in [4.78, 5) is 20.2. The molecule has 4 aliphatic rings. The summed E-state index contributed by atoms with van der Waals surface area (Å²) in [5, 5.41) is 22.3. The largest absolute Gasteiger partial charge is 0.508 e. The molecule has 2 aliphatic carbocycles. The second-order valence-corrected chi connectivity index (χ2v) is 13.8. The molecule has 9 heteroatoms. The number of phenols is 1. The van der Waals surface area contributed by atoms with E-state index in [1.54, 1.807) is 6.07 Å². The quantitative estimate of drug-likeness (QED) is 0.163. The number of amides is 1. The van der Waals surface area contributed by atoms with E-state index >= 15 is 0 Å². The highest BCUT2D eigenvalue weighted by molar-refractivity contribution is 6.31. The van der Waals surface area contributed by atoms with Crippen LogP contribution in [0, 0.1) is 0 Å². The lowest BCUT2D eigenvalue weighted by Gasteiger charge is -2.25. The lowest BCUT2D eigenvalue weighted by Crippen LogP contribution is -2.27. The van der Waals surface area contributed by atoms with Gasteiger partial charge in [-0.05, 0) is 109 Å². The van der Waals surface area contributed by atoms with Crippen molar-refractivity contribution in [2.75, 3.05) is 26.2 Å². The summed E-state index contributed by atoms with van der Waals surface area (Å²) in [6.45, 7) is 2.19. The van der Waals surface area contributed by atoms with E-state index in [2.05, 4.69) is 35.6 Å². The van der Waals surface area contributed by atoms with Crippen molar-refractivity contribution in [3.63, 3.8) is 0 Å². The zero-order valence-corrected chi connectivity index (χ0v) is 28.0. The lowest BCUT2D eigenvalue weighted by molar-refractivity contribution is 0.191. The third-order valence-electron chi connectivity index (χ3n) is 9.83. The van der Waals surface area contributed by atoms with Crippen LogP contribution in [0.5, 0.6) is 11.5 Å². The molecule has 0 saturated heterocycles. The number of nitrogens with one attached hydrogen (secondary N) is 1. The molecule has 2 fully saturated rings. The van der Waals surface area contributed by atoms with Crippen LogP contribution >= 0.6 is 23.2 Å². The van der Waals surface area contributed by atoms with Crippen molar-refractivity contribution in [1.29, 1.82) is 0 Å². The highest BCUT2D eigenvalue weighted by Crippen LogP contribution is 2.53. The predicted octanol–water partition coefficient (Wildman–Crippen LogP) is 8.19. The summed E-state index contributed by atoms with van der Waals surface area (Å²) in [6, 6.07) is 27.9. The molecule has 0 spiro atoms. The van der Waals surface area contributed by atoms with Gasteiger partial charge in [-0.25, -0.2) is 4.79 Å². The average Bonchev–Trinajstić information content (AvgIpc) is 4.03. The van der Waals surface area contributed by atoms with Crippen LogP contribution < -0.4 is 10.1 Å². The second kappa shape index (κ2) is 13.3. The van der Waals surface area contributed by atoms with Crippen molar-refractivity contribution in [3.8, 4) is 11.5 Å². The maximum Gasteiger partial charge on any atom is 0.404 e. The maximum absolute atomic E-state index is 10.5. The van der Waals surface area contributed by atoms with Gasteiger partial charge in [-0.2, -0.15) is 0 Å². The standard InChI is InChI=1S/C21H21ClN2O3.C18H16ClNO/c22-16-4-2-15(3-5-16)21(8-9-21)19-18-13-17(27-12-11-24-20(25)26)6-1-14(18)7-10-23-19;19-14-4-2-13(3-5-14)18(8-9-18)17-16-11-15(21)6-1-12(16)7-10-20-17/h1-6,13,24H,7-12H2,(H,25,26);1-6,11,21H,7-10H2. The Kier molecular flexibility index (Phi) is 8.92. The van der Waals surface area contributed by atoms with Crippen LogP contribution in [0.1, 0.15) is 59.1 Å². The second-order valence-electron chi connectivity index (χ2n) is 12.9. The summed E-state index contributed by atoms with van der Waals surface area (Å²) in [6.07, 6.45) is 5.23. The van der Waals surface area contributed by atoms with Gasteiger partial charge >= 0.3 is 6.09 Å². The van der Waals surface area contributed by atoms with Crippen LogP contribution in [0.3, 0.4) is 0 Å². The van der Waals surface area contributed by atoms with E-state index in [4.69, 9.17) is 43.0 Å². The van der Waals surface area contributed by atoms with Crippen LogP contribution in [0.15, 0.2) is 94.9 Å². The first-order valence-electron chi connectivity index (χ1n) is 16.4. The molecule has 0 atom stereocenters. The molecule has 0 radical (unpaired) electrons. The number of rotatable bonds is 8. The van der Waals surface area contributed by atoms with E-state index in [9.17, 15) is 9.90 Å². The minimum atomic E-state index is -1.04. The van der Waals surface area contributed by atoms with E-state index in [0.29, 0.717) is 12.4 Å². The number of halogens is 2. The van der Waals surface area contributed by atoms with Crippen LogP contribution in [-0.4, -0.2) is 54.0 Å². The van der Waals surface area contributed by atoms with Gasteiger partial charge in [0.15, 0.2) is 0 Å². The van der Waals surface area contributed by atoms with Crippen LogP contribution in [0.2, 0.25) is 10.0 Å². The number of benzene rings is 4. The van der Waals surface area contributed by atoms with Gasteiger partial charge in [0.2, 0.25) is 0 Å². The number of carbonyl (C=O) groups is 1. The Bertz CT molecular complexity index is 1900. The van der Waals surface area contributed by atoms with Gasteiger partial charge in [0, 0.05) is 45.1 Å². The van der Waals surface area contributed by atoms with E-state index in [-0.39, 0.29) is 17.4 Å². The lowest BCUT2D eigenvalue weighted by atomic mass is 9.83. The fourth-order valence-corrected chi connectivity index (χ4v) is 7.34. The predicted molar refractivity (Wildman–Crippen MR) is 191 cm³/mol. The Labute approximate surface area is 290 Å². The Morgan fingerprint density at radius 3 is 1.73 bits per heavy atom. The van der Waals surface area contributed by atoms with E-state index < -0.39 is 6.09 Å². The normalized spacial score (nSPS) is 17.7. The highest BCUT2D eigenvalue weighted by Gasteiger charge is 2.51. The summed E-state index contributed by atoms with van der Waals surface area (Å²) in [7, 11) is 0. The maximum atomic E-state index is 10.5. The monoisotopic (exact) mass is 681 g/mol. The molecule has 2 aliphatic heterocycles. The number of aliphatic imine (C=N–C) groups is 2. The first kappa shape index (κ1) is 32.2. The number of phenolic OH excluding ortho intramolecular Hbond substituents is 1. The van der Waals surface area contributed by atoms with Crippen LogP contribution in [-0.2, 0) is 23.7 Å². The molecule has 8 rings (SSSR count). The van der Waals surface area contributed by atoms with Gasteiger partial charge in [-0.3, -0.25) is 9.98 Å². The molecule has 3 N–H and O–H groups in total. The molecule has 2 saturated carbocycles. The summed E-state index contributed by atoms with van der Waals surface area (Å²) >= 11 is 12.1. The number of hydrogen-bond acceptors (Lipinski definition) is 5. The number of hydrogen-bond donors (Lipinski definition) is 3. The first-order chi connectivity index (χ1) is 23.3. The van der Waals surface area contributed by atoms with Gasteiger partial charge in [0.25, 0.3) is 0 Å². The summed E-state index contributed by atoms with van der Waals surface area (Å²) in [5.41, 5.74) is 9.66. The highest BCUT2D eigenvalue weighted by atomic mass is 35.5. The number of ether oxygens (including phenoxy) is 1. The summed E-state index contributed by atoms with van der Waals surface area (Å²) < 4.78 is 5.73. The van der Waals surface area contributed by atoms with Crippen molar-refractivity contribution in [2.24, 2.45) is 9.98 Å². The molecule has 4 aromatic rings. The van der Waals surface area contributed by atoms with Crippen molar-refractivity contribution < 1.29 is 19.7 Å². The molecule has 7 nitrogen and oxygen atoms in total. The van der Waals surface area contributed by atoms with Crippen molar-refractivity contribution >= 4 is 40.7 Å². The van der Waals surface area contributed by atoms with E-state index in [1.165, 1.54) is 22.3 Å². The molecule has 1 amide bonds. The average molecular weight is 683 g/mol. The van der Waals surface area contributed by atoms with E-state index in [0.717, 1.165) is 90.0 Å². The molecule has 0 bridgehead atoms. The molecule has 48 heavy (non-hydrogen) atoms. The Balaban J connectivity index is 0.000000156. The Morgan fingerprint density at radius 2 is 1.23 bits per heavy atom. The first-order valence-corrected chi connectivity index (χ1v) is 17.2. The number of fused-ring (bicyclic) bond motifs is 2. The molecule has 246 valence electrons. The fourth-order valence-electron chi connectivity index (χ4n) is 7.09. The minimum Gasteiger partial charge on any atom is -0.508 e. The fraction of sp³-hybridized carbons (Fsp3) is 0.308. The number of aromatic hydroxyl groups is 1. The molecular formula is C39H37Cl2N3O4. The number of carboxylic acid groups (broad SMARTS) is 1. The topological polar surface area (TPSA) is 104 Å². The zero-order chi connectivity index (χ0) is 33.3. The Morgan fingerprint density at radius 1 is 0.729 bits per heavy atom. The molecular weight excluding hydrogens is 645 g/mol. The third-order valence-corrected chi connectivity index (χ3v) is 10.3. The van der Waals surface area contributed by atoms with Gasteiger partial charge < -0.3 is 20.3 Å². The molecule has 0 aromatic heterocycles. The van der Waals surface area contributed by atoms with Crippen LogP contribution in [0.25, 0.3) is 0 Å². The van der Waals surface area contributed by atoms with Gasteiger partial charge in [0.05, 0.1) is 18.0 Å². The Hall–Kier alpha value is -4.33. The minimum absolute atomic E-state index is 0.0214. The zero-order valence-electron chi connectivity index (χ0n) is 26.5. The molecule has 2 heterocycles.